The molecule has 0 aromatic rings. The van der Waals surface area contributed by atoms with Crippen molar-refractivity contribution in [1.82, 2.24) is 0 Å². The predicted molar refractivity (Wildman–Crippen MR) is 144 cm³/mol. The van der Waals surface area contributed by atoms with Crippen molar-refractivity contribution in [2.24, 2.45) is 57.4 Å². The van der Waals surface area contributed by atoms with Crippen molar-refractivity contribution in [2.45, 2.75) is 112 Å². The van der Waals surface area contributed by atoms with Crippen molar-refractivity contribution in [2.75, 3.05) is 6.61 Å². The van der Waals surface area contributed by atoms with E-state index in [1.807, 2.05) is 0 Å². The summed E-state index contributed by atoms with van der Waals surface area (Å²) >= 11 is 0. The normalized spacial score (nSPS) is 44.1. The Kier molecular flexibility index (Phi) is 7.55. The Hall–Kier alpha value is -2.12. The fourth-order valence-corrected chi connectivity index (χ4v) is 9.62. The highest BCUT2D eigenvalue weighted by molar-refractivity contribution is 5.87. The molecule has 39 heavy (non-hydrogen) atoms. The van der Waals surface area contributed by atoms with Gasteiger partial charge in [0, 0.05) is 26.7 Å². The molecule has 0 spiro atoms. The van der Waals surface area contributed by atoms with E-state index in [2.05, 4.69) is 39.8 Å². The smallest absolute Gasteiger partial charge is 0.309 e. The van der Waals surface area contributed by atoms with Gasteiger partial charge in [-0.3, -0.25) is 14.4 Å². The van der Waals surface area contributed by atoms with Crippen LogP contribution in [-0.4, -0.2) is 48.5 Å². The van der Waals surface area contributed by atoms with E-state index in [0.29, 0.717) is 43.1 Å². The zero-order valence-electron chi connectivity index (χ0n) is 24.7. The van der Waals surface area contributed by atoms with E-state index in [9.17, 15) is 14.4 Å². The van der Waals surface area contributed by atoms with Gasteiger partial charge in [-0.1, -0.05) is 39.8 Å². The number of fused-ring (bicyclic) bond motifs is 5. The average Bonchev–Trinajstić information content (AvgIpc) is 3.45. The van der Waals surface area contributed by atoms with Gasteiger partial charge >= 0.3 is 17.9 Å². The van der Waals surface area contributed by atoms with Gasteiger partial charge in [-0.15, -0.1) is 0 Å². The predicted octanol–water partition coefficient (Wildman–Crippen LogP) is 5.32. The summed E-state index contributed by atoms with van der Waals surface area (Å²) in [7, 11) is 0. The fraction of sp³-hybridized carbons (Fsp3) is 0.871. The molecule has 8 nitrogen and oxygen atoms in total. The first kappa shape index (κ1) is 28.4. The quantitative estimate of drug-likeness (QED) is 0.340. The van der Waals surface area contributed by atoms with Crippen molar-refractivity contribution < 1.29 is 33.4 Å². The van der Waals surface area contributed by atoms with Crippen LogP contribution in [0.5, 0.6) is 0 Å². The maximum absolute atomic E-state index is 13.5. The summed E-state index contributed by atoms with van der Waals surface area (Å²) in [6, 6.07) is 0. The fourth-order valence-electron chi connectivity index (χ4n) is 9.62. The maximum atomic E-state index is 13.5. The maximum Gasteiger partial charge on any atom is 0.309 e. The molecular weight excluding hydrogens is 498 g/mol. The van der Waals surface area contributed by atoms with E-state index in [-0.39, 0.29) is 35.2 Å². The molecule has 2 aliphatic heterocycles. The molecule has 0 unspecified atom stereocenters. The van der Waals surface area contributed by atoms with Crippen LogP contribution in [0.1, 0.15) is 93.4 Å². The molecular formula is C31H47NO7. The van der Waals surface area contributed by atoms with E-state index in [1.165, 1.54) is 13.8 Å². The molecule has 2 heterocycles. The van der Waals surface area contributed by atoms with E-state index in [4.69, 9.17) is 19.0 Å². The largest absolute Gasteiger partial charge is 0.465 e. The highest BCUT2D eigenvalue weighted by atomic mass is 16.6. The Bertz CT molecular complexity index is 1020. The Morgan fingerprint density at radius 3 is 2.28 bits per heavy atom. The number of nitrogens with zero attached hydrogens (tertiary/aromatic N) is 1. The zero-order chi connectivity index (χ0) is 28.3. The first-order valence-electron chi connectivity index (χ1n) is 15.1. The molecule has 0 aromatic heterocycles. The minimum absolute atomic E-state index is 0.135. The lowest BCUT2D eigenvalue weighted by Gasteiger charge is -2.56. The minimum Gasteiger partial charge on any atom is -0.465 e. The van der Waals surface area contributed by atoms with E-state index in [0.717, 1.165) is 37.8 Å². The second kappa shape index (κ2) is 10.4. The Balaban J connectivity index is 1.39. The molecule has 3 aliphatic carbocycles. The first-order chi connectivity index (χ1) is 18.3. The number of esters is 3. The molecule has 8 heteroatoms. The van der Waals surface area contributed by atoms with Gasteiger partial charge in [0.2, 0.25) is 0 Å². The molecule has 1 saturated heterocycles. The molecule has 3 saturated carbocycles. The standard InChI is InChI=1S/C31H47NO7/c1-16(2)25-13-26(39-32-25)17(3)21-8-9-22-20-15-36-29(35)24-12-27(37-18(4)33)28(38-19(5)34)14-31(24,7)23(20)10-11-30(21,22)6/h16-17,20-24,26-28H,8-15H2,1-7H3/t17-,20-,21+,22-,23-,24+,26+,27-,28+,30+,31+/m0/s1. The van der Waals surface area contributed by atoms with Crippen molar-refractivity contribution in [1.29, 1.82) is 0 Å². The van der Waals surface area contributed by atoms with Crippen molar-refractivity contribution in [3.63, 3.8) is 0 Å². The highest BCUT2D eigenvalue weighted by Gasteiger charge is 2.64. The van der Waals surface area contributed by atoms with Gasteiger partial charge in [-0.2, -0.15) is 0 Å². The number of hydrogen-bond acceptors (Lipinski definition) is 8. The van der Waals surface area contributed by atoms with Crippen LogP contribution in [0.15, 0.2) is 5.16 Å². The van der Waals surface area contributed by atoms with Crippen molar-refractivity contribution in [3.8, 4) is 0 Å². The lowest BCUT2D eigenvalue weighted by atomic mass is 9.48. The molecule has 0 aromatic carbocycles. The third-order valence-electron chi connectivity index (χ3n) is 11.6. The topological polar surface area (TPSA) is 100 Å². The molecule has 0 bridgehead atoms. The lowest BCUT2D eigenvalue weighted by Crippen LogP contribution is -2.56. The lowest BCUT2D eigenvalue weighted by molar-refractivity contribution is -0.188. The molecule has 0 amide bonds. The van der Waals surface area contributed by atoms with Crippen molar-refractivity contribution in [3.05, 3.63) is 0 Å². The molecule has 0 radical (unpaired) electrons. The zero-order valence-corrected chi connectivity index (χ0v) is 24.7. The number of rotatable bonds is 5. The molecule has 4 fully saturated rings. The highest BCUT2D eigenvalue weighted by Crippen LogP contribution is 2.66. The third kappa shape index (κ3) is 4.88. The third-order valence-corrected chi connectivity index (χ3v) is 11.6. The van der Waals surface area contributed by atoms with Crippen LogP contribution in [-0.2, 0) is 33.4 Å². The monoisotopic (exact) mass is 545 g/mol. The number of oxime groups is 1. The average molecular weight is 546 g/mol. The summed E-state index contributed by atoms with van der Waals surface area (Å²) < 4.78 is 17.3. The number of ether oxygens (including phenoxy) is 3. The number of cyclic esters (lactones) is 1. The summed E-state index contributed by atoms with van der Waals surface area (Å²) in [4.78, 5) is 43.3. The summed E-state index contributed by atoms with van der Waals surface area (Å²) in [5.74, 6) is 0.920. The Morgan fingerprint density at radius 1 is 0.974 bits per heavy atom. The Labute approximate surface area is 232 Å². The second-order valence-electron chi connectivity index (χ2n) is 14.0. The number of carbonyl (C=O) groups is 3. The van der Waals surface area contributed by atoms with Gasteiger partial charge in [0.05, 0.1) is 18.2 Å². The van der Waals surface area contributed by atoms with Crippen molar-refractivity contribution >= 4 is 23.6 Å². The van der Waals surface area contributed by atoms with Crippen LogP contribution < -0.4 is 0 Å². The van der Waals surface area contributed by atoms with Gasteiger partial charge in [-0.25, -0.2) is 0 Å². The van der Waals surface area contributed by atoms with Crippen LogP contribution in [0.25, 0.3) is 0 Å². The summed E-state index contributed by atoms with van der Waals surface area (Å²) in [6.45, 7) is 14.5. The van der Waals surface area contributed by atoms with Crippen LogP contribution in [0.2, 0.25) is 0 Å². The molecule has 218 valence electrons. The van der Waals surface area contributed by atoms with Gasteiger partial charge in [0.25, 0.3) is 0 Å². The van der Waals surface area contributed by atoms with E-state index < -0.39 is 29.6 Å². The first-order valence-corrected chi connectivity index (χ1v) is 15.1. The molecule has 0 N–H and O–H groups in total. The van der Waals surface area contributed by atoms with Crippen LogP contribution in [0.3, 0.4) is 0 Å². The molecule has 11 atom stereocenters. The van der Waals surface area contributed by atoms with E-state index in [1.54, 1.807) is 0 Å². The van der Waals surface area contributed by atoms with Gasteiger partial charge in [0.15, 0.2) is 0 Å². The second-order valence-corrected chi connectivity index (χ2v) is 14.0. The van der Waals surface area contributed by atoms with Crippen LogP contribution in [0.4, 0.5) is 0 Å². The van der Waals surface area contributed by atoms with Crippen LogP contribution in [0, 0.1) is 52.3 Å². The van der Waals surface area contributed by atoms with Gasteiger partial charge < -0.3 is 19.0 Å². The summed E-state index contributed by atoms with van der Waals surface area (Å²) in [5.41, 5.74) is 0.919. The van der Waals surface area contributed by atoms with Gasteiger partial charge in [0.1, 0.15) is 18.3 Å². The van der Waals surface area contributed by atoms with E-state index >= 15 is 0 Å². The summed E-state index contributed by atoms with van der Waals surface area (Å²) in [5, 5.41) is 4.42. The Morgan fingerprint density at radius 2 is 1.64 bits per heavy atom. The molecule has 5 aliphatic rings. The molecule has 5 rings (SSSR count). The van der Waals surface area contributed by atoms with Gasteiger partial charge in [-0.05, 0) is 78.4 Å². The SMILES string of the molecule is CC(=O)O[C@H]1C[C@@H]2C(=O)OC[C@@H]3[C@H](CC[C@]4(C)[C@@H]([C@H](C)[C@H]5CC(C(C)C)=NO5)CC[C@@H]34)[C@@]2(C)C[C@H]1OC(C)=O. The van der Waals surface area contributed by atoms with Crippen LogP contribution >= 0.6 is 0 Å². The number of hydrogen-bond donors (Lipinski definition) is 0. The summed E-state index contributed by atoms with van der Waals surface area (Å²) in [6.07, 6.45) is 5.07. The number of carbonyl (C=O) groups excluding carboxylic acids is 3. The minimum atomic E-state index is -0.636.